The molecule has 1 aliphatic rings. The monoisotopic (exact) mass is 272 g/mol. The van der Waals surface area contributed by atoms with Crippen molar-refractivity contribution < 1.29 is 12.9 Å². The zero-order valence-corrected chi connectivity index (χ0v) is 11.7. The van der Waals surface area contributed by atoms with E-state index in [1.165, 1.54) is 19.3 Å². The van der Waals surface area contributed by atoms with Crippen molar-refractivity contribution in [2.24, 2.45) is 5.92 Å². The Labute approximate surface area is 108 Å². The molecule has 0 bridgehead atoms. The first kappa shape index (κ1) is 13.5. The van der Waals surface area contributed by atoms with Gasteiger partial charge in [-0.05, 0) is 32.6 Å². The maximum atomic E-state index is 12.2. The molecule has 0 unspecified atom stereocenters. The van der Waals surface area contributed by atoms with E-state index in [-0.39, 0.29) is 4.90 Å². The van der Waals surface area contributed by atoms with E-state index < -0.39 is 10.0 Å². The summed E-state index contributed by atoms with van der Waals surface area (Å²) >= 11 is 0. The standard InChI is InChI=1S/C12H20N2O3S/c1-9-12(10(2)17-14-9)18(15,16)13-8-11-6-4-3-5-7-11/h11,13H,3-8H2,1-2H3. The van der Waals surface area contributed by atoms with Crippen LogP contribution < -0.4 is 4.72 Å². The Morgan fingerprint density at radius 3 is 2.50 bits per heavy atom. The van der Waals surface area contributed by atoms with E-state index in [0.29, 0.717) is 23.9 Å². The van der Waals surface area contributed by atoms with Gasteiger partial charge in [0.15, 0.2) is 5.76 Å². The van der Waals surface area contributed by atoms with Crippen molar-refractivity contribution in [1.29, 1.82) is 0 Å². The van der Waals surface area contributed by atoms with Gasteiger partial charge in [0.25, 0.3) is 0 Å². The van der Waals surface area contributed by atoms with Gasteiger partial charge in [0.05, 0.1) is 0 Å². The van der Waals surface area contributed by atoms with Crippen LogP contribution in [0.1, 0.15) is 43.6 Å². The van der Waals surface area contributed by atoms with E-state index in [4.69, 9.17) is 4.52 Å². The Balaban J connectivity index is 2.03. The molecule has 18 heavy (non-hydrogen) atoms. The van der Waals surface area contributed by atoms with E-state index in [2.05, 4.69) is 9.88 Å². The van der Waals surface area contributed by atoms with Gasteiger partial charge in [0.1, 0.15) is 10.6 Å². The van der Waals surface area contributed by atoms with Gasteiger partial charge in [0.2, 0.25) is 10.0 Å². The molecule has 1 N–H and O–H groups in total. The molecule has 0 saturated heterocycles. The molecule has 1 fully saturated rings. The molecule has 1 saturated carbocycles. The zero-order valence-electron chi connectivity index (χ0n) is 10.9. The van der Waals surface area contributed by atoms with E-state index in [0.717, 1.165) is 12.8 Å². The average Bonchev–Trinajstić information content (AvgIpc) is 2.69. The van der Waals surface area contributed by atoms with Gasteiger partial charge >= 0.3 is 0 Å². The lowest BCUT2D eigenvalue weighted by Crippen LogP contribution is -2.30. The lowest BCUT2D eigenvalue weighted by atomic mass is 9.90. The number of aryl methyl sites for hydroxylation is 2. The summed E-state index contributed by atoms with van der Waals surface area (Å²) in [5, 5.41) is 3.68. The molecule has 102 valence electrons. The summed E-state index contributed by atoms with van der Waals surface area (Å²) in [7, 11) is -3.48. The second kappa shape index (κ2) is 5.40. The van der Waals surface area contributed by atoms with Gasteiger partial charge in [-0.3, -0.25) is 0 Å². The molecule has 0 spiro atoms. The molecule has 0 amide bonds. The second-order valence-corrected chi connectivity index (χ2v) is 6.71. The number of sulfonamides is 1. The average molecular weight is 272 g/mol. The van der Waals surface area contributed by atoms with Gasteiger partial charge in [0, 0.05) is 6.54 Å². The van der Waals surface area contributed by atoms with Crippen LogP contribution in [0.15, 0.2) is 9.42 Å². The molecular weight excluding hydrogens is 252 g/mol. The van der Waals surface area contributed by atoms with Crippen molar-refractivity contribution in [1.82, 2.24) is 9.88 Å². The van der Waals surface area contributed by atoms with Crippen LogP contribution in [0.2, 0.25) is 0 Å². The SMILES string of the molecule is Cc1noc(C)c1S(=O)(=O)NCC1CCCCC1. The highest BCUT2D eigenvalue weighted by Crippen LogP contribution is 2.24. The summed E-state index contributed by atoms with van der Waals surface area (Å²) in [6, 6.07) is 0. The number of nitrogens with zero attached hydrogens (tertiary/aromatic N) is 1. The first-order valence-corrected chi connectivity index (χ1v) is 7.91. The summed E-state index contributed by atoms with van der Waals surface area (Å²) < 4.78 is 31.9. The smallest absolute Gasteiger partial charge is 0.245 e. The topological polar surface area (TPSA) is 72.2 Å². The maximum absolute atomic E-state index is 12.2. The molecular formula is C12H20N2O3S. The van der Waals surface area contributed by atoms with Crippen LogP contribution in [0, 0.1) is 19.8 Å². The summed E-state index contributed by atoms with van der Waals surface area (Å²) in [5.74, 6) is 0.817. The predicted molar refractivity (Wildman–Crippen MR) is 67.7 cm³/mol. The lowest BCUT2D eigenvalue weighted by molar-refractivity contribution is 0.357. The Morgan fingerprint density at radius 2 is 1.94 bits per heavy atom. The number of hydrogen-bond donors (Lipinski definition) is 1. The van der Waals surface area contributed by atoms with Gasteiger partial charge < -0.3 is 4.52 Å². The largest absolute Gasteiger partial charge is 0.360 e. The highest BCUT2D eigenvalue weighted by atomic mass is 32.2. The first-order chi connectivity index (χ1) is 8.50. The molecule has 0 aliphatic heterocycles. The van der Waals surface area contributed by atoms with Crippen LogP contribution in [0.4, 0.5) is 0 Å². The summed E-state index contributed by atoms with van der Waals surface area (Å²) in [4.78, 5) is 0.193. The Kier molecular flexibility index (Phi) is 4.07. The molecule has 1 heterocycles. The molecule has 0 atom stereocenters. The quantitative estimate of drug-likeness (QED) is 0.911. The molecule has 1 aromatic rings. The van der Waals surface area contributed by atoms with Crippen LogP contribution in [0.25, 0.3) is 0 Å². The highest BCUT2D eigenvalue weighted by molar-refractivity contribution is 7.89. The third-order valence-corrected chi connectivity index (χ3v) is 5.19. The van der Waals surface area contributed by atoms with Gasteiger partial charge in [-0.15, -0.1) is 0 Å². The first-order valence-electron chi connectivity index (χ1n) is 6.43. The van der Waals surface area contributed by atoms with Crippen molar-refractivity contribution in [3.63, 3.8) is 0 Å². The van der Waals surface area contributed by atoms with E-state index >= 15 is 0 Å². The molecule has 1 aromatic heterocycles. The molecule has 0 radical (unpaired) electrons. The second-order valence-electron chi connectivity index (χ2n) is 5.01. The van der Waals surface area contributed by atoms with Crippen molar-refractivity contribution in [2.45, 2.75) is 50.8 Å². The molecule has 0 aromatic carbocycles. The van der Waals surface area contributed by atoms with Gasteiger partial charge in [-0.2, -0.15) is 0 Å². The predicted octanol–water partition coefficient (Wildman–Crippen LogP) is 2.15. The molecule has 6 heteroatoms. The molecule has 2 rings (SSSR count). The fourth-order valence-corrected chi connectivity index (χ4v) is 3.99. The normalized spacial score (nSPS) is 18.1. The van der Waals surface area contributed by atoms with Crippen molar-refractivity contribution >= 4 is 10.0 Å². The van der Waals surface area contributed by atoms with E-state index in [1.54, 1.807) is 13.8 Å². The summed E-state index contributed by atoms with van der Waals surface area (Å²) in [5.41, 5.74) is 0.420. The molecule has 1 aliphatic carbocycles. The van der Waals surface area contributed by atoms with Gasteiger partial charge in [-0.25, -0.2) is 13.1 Å². The number of hydrogen-bond acceptors (Lipinski definition) is 4. The van der Waals surface area contributed by atoms with Crippen LogP contribution >= 0.6 is 0 Å². The van der Waals surface area contributed by atoms with Crippen LogP contribution in [0.5, 0.6) is 0 Å². The van der Waals surface area contributed by atoms with E-state index in [1.807, 2.05) is 0 Å². The zero-order chi connectivity index (χ0) is 13.2. The lowest BCUT2D eigenvalue weighted by Gasteiger charge is -2.21. The highest BCUT2D eigenvalue weighted by Gasteiger charge is 2.25. The Morgan fingerprint density at radius 1 is 1.28 bits per heavy atom. The van der Waals surface area contributed by atoms with Crippen LogP contribution in [-0.2, 0) is 10.0 Å². The van der Waals surface area contributed by atoms with Crippen molar-refractivity contribution in [2.75, 3.05) is 6.54 Å². The third kappa shape index (κ3) is 2.92. The number of aromatic nitrogens is 1. The van der Waals surface area contributed by atoms with Crippen LogP contribution in [0.3, 0.4) is 0 Å². The minimum absolute atomic E-state index is 0.193. The summed E-state index contributed by atoms with van der Waals surface area (Å²) in [6.07, 6.45) is 5.91. The van der Waals surface area contributed by atoms with Crippen molar-refractivity contribution in [3.8, 4) is 0 Å². The minimum atomic E-state index is -3.48. The Hall–Kier alpha value is -0.880. The number of nitrogens with one attached hydrogen (secondary N) is 1. The fraction of sp³-hybridized carbons (Fsp3) is 0.750. The van der Waals surface area contributed by atoms with Crippen LogP contribution in [-0.4, -0.2) is 20.1 Å². The molecule has 5 nitrogen and oxygen atoms in total. The summed E-state index contributed by atoms with van der Waals surface area (Å²) in [6.45, 7) is 3.78. The number of rotatable bonds is 4. The Bertz CT molecular complexity index is 482. The maximum Gasteiger partial charge on any atom is 0.245 e. The minimum Gasteiger partial charge on any atom is -0.360 e. The van der Waals surface area contributed by atoms with E-state index in [9.17, 15) is 8.42 Å². The third-order valence-electron chi connectivity index (χ3n) is 3.52. The fourth-order valence-electron chi connectivity index (χ4n) is 2.55. The van der Waals surface area contributed by atoms with Gasteiger partial charge in [-0.1, -0.05) is 24.4 Å². The van der Waals surface area contributed by atoms with Crippen molar-refractivity contribution in [3.05, 3.63) is 11.5 Å².